The number of allylic oxidation sites excluding steroid dienone is 2. The molecule has 0 atom stereocenters. The van der Waals surface area contributed by atoms with Crippen LogP contribution in [0.25, 0.3) is 89.0 Å². The molecular weight excluding hydrogens is 733 g/mol. The molecule has 0 bridgehead atoms. The molecule has 0 saturated heterocycles. The number of hydrogen-bond acceptors (Lipinski definition) is 6. The lowest BCUT2D eigenvalue weighted by molar-refractivity contribution is 0.990. The highest BCUT2D eigenvalue weighted by Crippen LogP contribution is 2.37. The van der Waals surface area contributed by atoms with Crippen molar-refractivity contribution in [3.05, 3.63) is 225 Å². The summed E-state index contributed by atoms with van der Waals surface area (Å²) >= 11 is 0. The number of dihydropyridines is 1. The second kappa shape index (κ2) is 16.4. The van der Waals surface area contributed by atoms with Crippen LogP contribution < -0.4 is 5.32 Å². The Bertz CT molecular complexity index is 2890. The van der Waals surface area contributed by atoms with E-state index in [1.807, 2.05) is 61.6 Å². The van der Waals surface area contributed by atoms with Gasteiger partial charge in [0.2, 0.25) is 0 Å². The molecule has 0 fully saturated rings. The Labute approximate surface area is 349 Å². The predicted octanol–water partition coefficient (Wildman–Crippen LogP) is 12.4. The van der Waals surface area contributed by atoms with Gasteiger partial charge < -0.3 is 5.32 Å². The van der Waals surface area contributed by atoms with Crippen LogP contribution in [0.4, 0.5) is 0 Å². The van der Waals surface area contributed by atoms with Crippen molar-refractivity contribution in [2.75, 3.05) is 6.54 Å². The third kappa shape index (κ3) is 7.78. The topological polar surface area (TPSA) is 76.5 Å². The zero-order valence-corrected chi connectivity index (χ0v) is 32.7. The Morgan fingerprint density at radius 1 is 0.300 bits per heavy atom. The van der Waals surface area contributed by atoms with Gasteiger partial charge in [0.1, 0.15) is 0 Å². The first-order chi connectivity index (χ1) is 29.7. The van der Waals surface area contributed by atoms with E-state index in [1.165, 1.54) is 5.57 Å². The van der Waals surface area contributed by atoms with E-state index in [4.69, 9.17) is 9.97 Å². The van der Waals surface area contributed by atoms with Gasteiger partial charge in [-0.25, -0.2) is 0 Å². The normalized spacial score (nSPS) is 12.3. The molecule has 0 amide bonds. The monoisotopic (exact) mass is 770 g/mol. The minimum absolute atomic E-state index is 0.688. The Morgan fingerprint density at radius 2 is 0.633 bits per heavy atom. The van der Waals surface area contributed by atoms with Gasteiger partial charge in [0, 0.05) is 114 Å². The molecule has 9 aromatic rings. The van der Waals surface area contributed by atoms with Crippen molar-refractivity contribution in [1.82, 2.24) is 30.2 Å². The van der Waals surface area contributed by atoms with Gasteiger partial charge in [-0.2, -0.15) is 0 Å². The summed E-state index contributed by atoms with van der Waals surface area (Å²) in [4.78, 5) is 22.6. The second-order valence-corrected chi connectivity index (χ2v) is 14.8. The van der Waals surface area contributed by atoms with E-state index in [0.717, 1.165) is 94.6 Å². The third-order valence-corrected chi connectivity index (χ3v) is 10.9. The van der Waals surface area contributed by atoms with E-state index < -0.39 is 0 Å². The summed E-state index contributed by atoms with van der Waals surface area (Å²) in [6.45, 7) is 0.688. The summed E-state index contributed by atoms with van der Waals surface area (Å²) < 4.78 is 0. The number of nitrogens with one attached hydrogen (secondary N) is 1. The van der Waals surface area contributed by atoms with Crippen molar-refractivity contribution in [1.29, 1.82) is 0 Å². The molecule has 10 rings (SSSR count). The molecule has 284 valence electrons. The molecule has 5 aromatic heterocycles. The van der Waals surface area contributed by atoms with Crippen LogP contribution in [0.3, 0.4) is 0 Å². The minimum Gasteiger partial charge on any atom is -0.386 e. The summed E-state index contributed by atoms with van der Waals surface area (Å²) in [5, 5.41) is 3.58. The zero-order chi connectivity index (χ0) is 40.1. The molecule has 4 aromatic carbocycles. The number of nitrogens with zero attached hydrogens (tertiary/aromatic N) is 5. The maximum atomic E-state index is 4.79. The molecule has 6 heterocycles. The van der Waals surface area contributed by atoms with Gasteiger partial charge in [0.05, 0.1) is 0 Å². The van der Waals surface area contributed by atoms with Crippen molar-refractivity contribution in [3.63, 3.8) is 0 Å². The Kier molecular flexibility index (Phi) is 9.92. The van der Waals surface area contributed by atoms with E-state index in [1.54, 1.807) is 18.6 Å². The van der Waals surface area contributed by atoms with Crippen LogP contribution in [0.5, 0.6) is 0 Å². The Hall–Kier alpha value is -8.09. The van der Waals surface area contributed by atoms with E-state index in [9.17, 15) is 0 Å². The molecule has 0 spiro atoms. The van der Waals surface area contributed by atoms with Crippen LogP contribution in [0.1, 0.15) is 11.1 Å². The fourth-order valence-corrected chi connectivity index (χ4v) is 7.80. The molecule has 1 aliphatic heterocycles. The molecule has 0 saturated carbocycles. The van der Waals surface area contributed by atoms with E-state index >= 15 is 0 Å². The quantitative estimate of drug-likeness (QED) is 0.157. The fraction of sp³-hybridized carbons (Fsp3) is 0.0185. The second-order valence-electron chi connectivity index (χ2n) is 14.8. The van der Waals surface area contributed by atoms with Gasteiger partial charge in [-0.1, -0.05) is 72.8 Å². The zero-order valence-electron chi connectivity index (χ0n) is 32.7. The van der Waals surface area contributed by atoms with Crippen molar-refractivity contribution >= 4 is 11.1 Å². The summed E-state index contributed by atoms with van der Waals surface area (Å²) in [5.74, 6) is 0. The van der Waals surface area contributed by atoms with Crippen LogP contribution in [0.15, 0.2) is 214 Å². The number of hydrogen-bond donors (Lipinski definition) is 1. The Morgan fingerprint density at radius 3 is 1.08 bits per heavy atom. The SMILES string of the molecule is C1=C(c2cccc(-c3cccnc3)c2)C=C(c2cc(-c3cncc(-c4cccc(-c5cccnc5)c4)c3)cc(-c3cncc(-c4cccc(-c5cccnc5)c4)c3)c2)CN1. The van der Waals surface area contributed by atoms with Gasteiger partial charge in [-0.05, 0) is 134 Å². The fourth-order valence-electron chi connectivity index (χ4n) is 7.80. The molecular formula is C54H38N6. The molecule has 1 N–H and O–H groups in total. The highest BCUT2D eigenvalue weighted by molar-refractivity contribution is 5.90. The number of benzene rings is 4. The maximum Gasteiger partial charge on any atom is 0.0401 e. The van der Waals surface area contributed by atoms with Crippen molar-refractivity contribution in [2.45, 2.75) is 0 Å². The van der Waals surface area contributed by atoms with Crippen LogP contribution in [0, 0.1) is 0 Å². The Balaban J connectivity index is 1.06. The first-order valence-corrected chi connectivity index (χ1v) is 19.9. The van der Waals surface area contributed by atoms with Crippen molar-refractivity contribution in [3.8, 4) is 77.9 Å². The number of pyridine rings is 5. The smallest absolute Gasteiger partial charge is 0.0401 e. The van der Waals surface area contributed by atoms with Gasteiger partial charge in [-0.15, -0.1) is 0 Å². The largest absolute Gasteiger partial charge is 0.386 e. The van der Waals surface area contributed by atoms with Gasteiger partial charge in [0.25, 0.3) is 0 Å². The highest BCUT2D eigenvalue weighted by Gasteiger charge is 2.15. The van der Waals surface area contributed by atoms with E-state index in [2.05, 4.69) is 154 Å². The molecule has 0 aliphatic carbocycles. The highest BCUT2D eigenvalue weighted by atomic mass is 14.8. The lowest BCUT2D eigenvalue weighted by Gasteiger charge is -2.19. The molecule has 0 unspecified atom stereocenters. The average Bonchev–Trinajstić information content (AvgIpc) is 3.35. The van der Waals surface area contributed by atoms with Gasteiger partial charge in [0.15, 0.2) is 0 Å². The van der Waals surface area contributed by atoms with E-state index in [-0.39, 0.29) is 0 Å². The van der Waals surface area contributed by atoms with Crippen LogP contribution in [-0.2, 0) is 0 Å². The minimum atomic E-state index is 0.688. The summed E-state index contributed by atoms with van der Waals surface area (Å²) in [6, 6.07) is 49.2. The first kappa shape index (κ1) is 36.3. The molecule has 0 radical (unpaired) electrons. The molecule has 6 heteroatoms. The van der Waals surface area contributed by atoms with Crippen molar-refractivity contribution in [2.24, 2.45) is 0 Å². The lowest BCUT2D eigenvalue weighted by atomic mass is 9.90. The lowest BCUT2D eigenvalue weighted by Crippen LogP contribution is -2.14. The van der Waals surface area contributed by atoms with Crippen LogP contribution >= 0.6 is 0 Å². The van der Waals surface area contributed by atoms with Gasteiger partial charge in [-0.3, -0.25) is 24.9 Å². The summed E-state index contributed by atoms with van der Waals surface area (Å²) in [7, 11) is 0. The maximum absolute atomic E-state index is 4.79. The predicted molar refractivity (Wildman–Crippen MR) is 244 cm³/mol. The molecule has 60 heavy (non-hydrogen) atoms. The van der Waals surface area contributed by atoms with Crippen molar-refractivity contribution < 1.29 is 0 Å². The summed E-state index contributed by atoms with van der Waals surface area (Å²) in [6.07, 6.45) is 23.3. The van der Waals surface area contributed by atoms with Gasteiger partial charge >= 0.3 is 0 Å². The molecule has 6 nitrogen and oxygen atoms in total. The number of rotatable bonds is 9. The van der Waals surface area contributed by atoms with Crippen LogP contribution in [-0.4, -0.2) is 31.5 Å². The standard InChI is InChI=1S/C54H38N6/c1-7-37(43-13-4-16-55-28-43)19-40(10-1)49-25-52(34-58-31-49)46-22-47(53-26-50(32-59-35-53)41-11-2-8-38(20-41)44-14-5-17-56-29-44)24-48(23-46)54-27-51(33-60-36-54)42-12-3-9-39(21-42)45-15-6-18-57-30-45/h1-35,60H,36H2. The van der Waals surface area contributed by atoms with E-state index in [0.29, 0.717) is 6.54 Å². The first-order valence-electron chi connectivity index (χ1n) is 19.9. The number of aromatic nitrogens is 5. The summed E-state index contributed by atoms with van der Waals surface area (Å²) in [5.41, 5.74) is 19.6. The average molecular weight is 771 g/mol. The molecule has 1 aliphatic rings. The third-order valence-electron chi connectivity index (χ3n) is 10.9. The van der Waals surface area contributed by atoms with Crippen LogP contribution in [0.2, 0.25) is 0 Å².